The molecule has 0 aromatic carbocycles. The maximum Gasteiger partial charge on any atom is 0.229 e. The lowest BCUT2D eigenvalue weighted by Gasteiger charge is -2.21. The van der Waals surface area contributed by atoms with Crippen LogP contribution in [-0.2, 0) is 14.4 Å². The highest BCUT2D eigenvalue weighted by Gasteiger charge is 2.24. The van der Waals surface area contributed by atoms with Crippen LogP contribution in [0.15, 0.2) is 0 Å². The number of imide groups is 1. The van der Waals surface area contributed by atoms with Crippen molar-refractivity contribution in [1.29, 1.82) is 0 Å². The quantitative estimate of drug-likeness (QED) is 0.568. The smallest absolute Gasteiger partial charge is 0.229 e. The highest BCUT2D eigenvalue weighted by Crippen LogP contribution is 2.13. The molecule has 2 N–H and O–H groups in total. The SMILES string of the molecule is CN(CCC(N)=S)C(=O)CCN1C(=O)CCCCC1=O. The van der Waals surface area contributed by atoms with Crippen LogP contribution >= 0.6 is 12.2 Å². The Morgan fingerprint density at radius 2 is 1.80 bits per heavy atom. The monoisotopic (exact) mass is 299 g/mol. The molecule has 0 aromatic heterocycles. The Kier molecular flexibility index (Phi) is 6.57. The molecule has 0 saturated carbocycles. The predicted molar refractivity (Wildman–Crippen MR) is 78.8 cm³/mol. The van der Waals surface area contributed by atoms with Crippen molar-refractivity contribution in [3.05, 3.63) is 0 Å². The third kappa shape index (κ3) is 5.24. The van der Waals surface area contributed by atoms with Gasteiger partial charge in [0.2, 0.25) is 17.7 Å². The Morgan fingerprint density at radius 3 is 2.30 bits per heavy atom. The third-order valence-electron chi connectivity index (χ3n) is 3.30. The first-order valence-corrected chi connectivity index (χ1v) is 7.18. The van der Waals surface area contributed by atoms with Gasteiger partial charge in [-0.05, 0) is 12.8 Å². The van der Waals surface area contributed by atoms with Crippen LogP contribution in [-0.4, -0.2) is 52.6 Å². The zero-order valence-corrected chi connectivity index (χ0v) is 12.6. The van der Waals surface area contributed by atoms with E-state index in [1.165, 1.54) is 9.80 Å². The average molecular weight is 299 g/mol. The van der Waals surface area contributed by atoms with E-state index in [1.54, 1.807) is 7.05 Å². The Labute approximate surface area is 124 Å². The molecule has 1 aliphatic rings. The Bertz CT molecular complexity index is 394. The minimum atomic E-state index is -0.175. The number of amides is 3. The van der Waals surface area contributed by atoms with Crippen molar-refractivity contribution in [1.82, 2.24) is 9.80 Å². The van der Waals surface area contributed by atoms with Crippen molar-refractivity contribution in [2.75, 3.05) is 20.1 Å². The molecule has 1 rings (SSSR count). The van der Waals surface area contributed by atoms with Gasteiger partial charge >= 0.3 is 0 Å². The lowest BCUT2D eigenvalue weighted by molar-refractivity contribution is -0.144. The van der Waals surface area contributed by atoms with Gasteiger partial charge in [-0.1, -0.05) is 12.2 Å². The zero-order valence-electron chi connectivity index (χ0n) is 11.8. The molecule has 0 radical (unpaired) electrons. The lowest BCUT2D eigenvalue weighted by Crippen LogP contribution is -2.39. The number of likely N-dealkylation sites (tertiary alicyclic amines) is 1. The third-order valence-corrected chi connectivity index (χ3v) is 3.51. The van der Waals surface area contributed by atoms with E-state index in [-0.39, 0.29) is 30.7 Å². The van der Waals surface area contributed by atoms with E-state index in [4.69, 9.17) is 18.0 Å². The highest BCUT2D eigenvalue weighted by molar-refractivity contribution is 7.80. The molecule has 3 amide bonds. The molecule has 1 heterocycles. The molecular formula is C13H21N3O3S. The molecule has 7 heteroatoms. The van der Waals surface area contributed by atoms with Gasteiger partial charge in [-0.25, -0.2) is 0 Å². The predicted octanol–water partition coefficient (Wildman–Crippen LogP) is 0.440. The Morgan fingerprint density at radius 1 is 1.25 bits per heavy atom. The highest BCUT2D eigenvalue weighted by atomic mass is 32.1. The molecule has 0 spiro atoms. The van der Waals surface area contributed by atoms with Gasteiger partial charge in [-0.2, -0.15) is 0 Å². The number of hydrogen-bond donors (Lipinski definition) is 1. The number of rotatable bonds is 6. The normalized spacial score (nSPS) is 15.9. The van der Waals surface area contributed by atoms with E-state index in [2.05, 4.69) is 0 Å². The minimum Gasteiger partial charge on any atom is -0.393 e. The number of hydrogen-bond acceptors (Lipinski definition) is 4. The minimum absolute atomic E-state index is 0.119. The number of nitrogens with two attached hydrogens (primary N) is 1. The fraction of sp³-hybridized carbons (Fsp3) is 0.692. The molecule has 0 unspecified atom stereocenters. The van der Waals surface area contributed by atoms with Gasteiger partial charge in [0.25, 0.3) is 0 Å². The number of carbonyl (C=O) groups is 3. The van der Waals surface area contributed by atoms with Crippen molar-refractivity contribution in [3.63, 3.8) is 0 Å². The molecule has 6 nitrogen and oxygen atoms in total. The summed E-state index contributed by atoms with van der Waals surface area (Å²) in [4.78, 5) is 38.5. The van der Waals surface area contributed by atoms with Crippen LogP contribution in [0.1, 0.15) is 38.5 Å². The second-order valence-electron chi connectivity index (χ2n) is 4.93. The van der Waals surface area contributed by atoms with Gasteiger partial charge in [-0.15, -0.1) is 0 Å². The summed E-state index contributed by atoms with van der Waals surface area (Å²) in [6.45, 7) is 0.615. The molecule has 0 bridgehead atoms. The maximum atomic E-state index is 11.9. The van der Waals surface area contributed by atoms with Gasteiger partial charge in [-0.3, -0.25) is 19.3 Å². The fourth-order valence-electron chi connectivity index (χ4n) is 2.01. The van der Waals surface area contributed by atoms with Gasteiger partial charge in [0, 0.05) is 45.8 Å². The van der Waals surface area contributed by atoms with Gasteiger partial charge < -0.3 is 10.6 Å². The molecule has 112 valence electrons. The summed E-state index contributed by atoms with van der Waals surface area (Å²) in [5.74, 6) is -0.469. The van der Waals surface area contributed by atoms with Crippen molar-refractivity contribution < 1.29 is 14.4 Å². The second-order valence-corrected chi connectivity index (χ2v) is 5.45. The summed E-state index contributed by atoms with van der Waals surface area (Å²) in [5.41, 5.74) is 5.38. The summed E-state index contributed by atoms with van der Waals surface area (Å²) < 4.78 is 0. The number of thiocarbonyl (C=S) groups is 1. The summed E-state index contributed by atoms with van der Waals surface area (Å²) in [7, 11) is 1.66. The molecule has 1 saturated heterocycles. The van der Waals surface area contributed by atoms with Crippen LogP contribution in [0.4, 0.5) is 0 Å². The number of nitrogens with zero attached hydrogens (tertiary/aromatic N) is 2. The molecular weight excluding hydrogens is 278 g/mol. The molecule has 0 atom stereocenters. The fourth-order valence-corrected chi connectivity index (χ4v) is 2.10. The van der Waals surface area contributed by atoms with Crippen LogP contribution in [0.25, 0.3) is 0 Å². The van der Waals surface area contributed by atoms with Crippen molar-refractivity contribution in [2.24, 2.45) is 5.73 Å². The van der Waals surface area contributed by atoms with Crippen molar-refractivity contribution in [3.8, 4) is 0 Å². The maximum absolute atomic E-state index is 11.9. The van der Waals surface area contributed by atoms with Gasteiger partial charge in [0.05, 0.1) is 4.99 Å². The molecule has 0 aromatic rings. The van der Waals surface area contributed by atoms with Crippen LogP contribution in [0, 0.1) is 0 Å². The average Bonchev–Trinajstić information content (AvgIpc) is 2.55. The van der Waals surface area contributed by atoms with Crippen LogP contribution < -0.4 is 5.73 Å². The van der Waals surface area contributed by atoms with Crippen LogP contribution in [0.5, 0.6) is 0 Å². The van der Waals surface area contributed by atoms with E-state index in [9.17, 15) is 14.4 Å². The molecule has 1 fully saturated rings. The first-order chi connectivity index (χ1) is 9.41. The lowest BCUT2D eigenvalue weighted by atomic mass is 10.2. The van der Waals surface area contributed by atoms with Gasteiger partial charge in [0.1, 0.15) is 0 Å². The van der Waals surface area contributed by atoms with E-state index >= 15 is 0 Å². The molecule has 20 heavy (non-hydrogen) atoms. The van der Waals surface area contributed by atoms with Crippen molar-refractivity contribution in [2.45, 2.75) is 38.5 Å². The number of carbonyl (C=O) groups excluding carboxylic acids is 3. The summed E-state index contributed by atoms with van der Waals surface area (Å²) in [6.07, 6.45) is 2.87. The van der Waals surface area contributed by atoms with Crippen molar-refractivity contribution >= 4 is 34.9 Å². The first-order valence-electron chi connectivity index (χ1n) is 6.77. The second kappa shape index (κ2) is 7.94. The summed E-state index contributed by atoms with van der Waals surface area (Å²) in [6, 6.07) is 0. The van der Waals surface area contributed by atoms with E-state index in [0.717, 1.165) is 12.8 Å². The Balaban J connectivity index is 2.44. The van der Waals surface area contributed by atoms with Gasteiger partial charge in [0.15, 0.2) is 0 Å². The molecule has 1 aliphatic heterocycles. The van der Waals surface area contributed by atoms with E-state index in [0.29, 0.717) is 30.8 Å². The standard InChI is InChI=1S/C13H21N3O3S/c1-15(8-6-10(14)20)11(17)7-9-16-12(18)4-2-3-5-13(16)19/h2-9H2,1H3,(H2,14,20). The van der Waals surface area contributed by atoms with E-state index < -0.39 is 0 Å². The zero-order chi connectivity index (χ0) is 15.1. The van der Waals surface area contributed by atoms with E-state index in [1.807, 2.05) is 0 Å². The largest absolute Gasteiger partial charge is 0.393 e. The summed E-state index contributed by atoms with van der Waals surface area (Å²) in [5, 5.41) is 0. The Hall–Kier alpha value is -1.50. The van der Waals surface area contributed by atoms with Crippen LogP contribution in [0.2, 0.25) is 0 Å². The topological polar surface area (TPSA) is 83.7 Å². The first kappa shape index (κ1) is 16.6. The van der Waals surface area contributed by atoms with Crippen LogP contribution in [0.3, 0.4) is 0 Å². The molecule has 0 aliphatic carbocycles. The summed E-state index contributed by atoms with van der Waals surface area (Å²) >= 11 is 4.76.